The molecule has 118 valence electrons. The first-order chi connectivity index (χ1) is 11.2. The molecule has 0 aliphatic heterocycles. The average molecular weight is 309 g/mol. The second-order valence-electron chi connectivity index (χ2n) is 6.48. The fourth-order valence-electron chi connectivity index (χ4n) is 3.75. The number of rotatable bonds is 3. The Bertz CT molecular complexity index is 792. The van der Waals surface area contributed by atoms with Gasteiger partial charge in [0.1, 0.15) is 0 Å². The largest absolute Gasteiger partial charge is 0.361 e. The number of hydrogen-bond acceptors (Lipinski definition) is 2. The highest BCUT2D eigenvalue weighted by Crippen LogP contribution is 2.42. The smallest absolute Gasteiger partial charge is 0.313 e. The highest BCUT2D eigenvalue weighted by atomic mass is 16.2. The summed E-state index contributed by atoms with van der Waals surface area (Å²) in [4.78, 5) is 27.1. The Hall–Kier alpha value is -2.56. The summed E-state index contributed by atoms with van der Waals surface area (Å²) in [5, 5.41) is 6.48. The summed E-state index contributed by atoms with van der Waals surface area (Å²) in [6, 6.07) is 7.47. The van der Waals surface area contributed by atoms with Crippen LogP contribution in [0, 0.1) is 17.8 Å². The number of H-pyrrole nitrogens is 1. The van der Waals surface area contributed by atoms with Gasteiger partial charge in [-0.05, 0) is 54.2 Å². The lowest BCUT2D eigenvalue weighted by molar-refractivity contribution is -0.136. The maximum Gasteiger partial charge on any atom is 0.313 e. The van der Waals surface area contributed by atoms with Crippen molar-refractivity contribution in [1.29, 1.82) is 0 Å². The second-order valence-corrected chi connectivity index (χ2v) is 6.48. The first kappa shape index (κ1) is 14.1. The van der Waals surface area contributed by atoms with Crippen molar-refractivity contribution in [2.75, 3.05) is 11.9 Å². The Kier molecular flexibility index (Phi) is 3.41. The number of aromatic nitrogens is 1. The van der Waals surface area contributed by atoms with E-state index in [-0.39, 0.29) is 0 Å². The van der Waals surface area contributed by atoms with Crippen LogP contribution in [0.25, 0.3) is 10.9 Å². The van der Waals surface area contributed by atoms with Crippen molar-refractivity contribution in [3.05, 3.63) is 42.6 Å². The molecule has 3 atom stereocenters. The molecule has 23 heavy (non-hydrogen) atoms. The monoisotopic (exact) mass is 309 g/mol. The molecule has 2 bridgehead atoms. The molecule has 2 aliphatic carbocycles. The number of hydrogen-bond donors (Lipinski definition) is 3. The zero-order valence-electron chi connectivity index (χ0n) is 12.7. The van der Waals surface area contributed by atoms with E-state index in [0.717, 1.165) is 17.3 Å². The van der Waals surface area contributed by atoms with E-state index >= 15 is 0 Å². The van der Waals surface area contributed by atoms with Crippen molar-refractivity contribution in [1.82, 2.24) is 10.3 Å². The maximum atomic E-state index is 12.0. The molecule has 0 spiro atoms. The van der Waals surface area contributed by atoms with Gasteiger partial charge in [0.05, 0.1) is 0 Å². The quantitative estimate of drug-likeness (QED) is 0.602. The Balaban J connectivity index is 1.33. The van der Waals surface area contributed by atoms with Gasteiger partial charge in [0, 0.05) is 23.9 Å². The minimum atomic E-state index is -0.616. The molecule has 1 saturated carbocycles. The van der Waals surface area contributed by atoms with Gasteiger partial charge >= 0.3 is 11.8 Å². The number of carbonyl (C=O) groups is 2. The van der Waals surface area contributed by atoms with Crippen LogP contribution < -0.4 is 10.6 Å². The van der Waals surface area contributed by atoms with Crippen molar-refractivity contribution in [3.63, 3.8) is 0 Å². The van der Waals surface area contributed by atoms with Gasteiger partial charge in [-0.25, -0.2) is 0 Å². The van der Waals surface area contributed by atoms with Crippen molar-refractivity contribution in [3.8, 4) is 0 Å². The van der Waals surface area contributed by atoms with E-state index in [2.05, 4.69) is 27.8 Å². The van der Waals surface area contributed by atoms with Crippen LogP contribution in [0.1, 0.15) is 12.8 Å². The lowest BCUT2D eigenvalue weighted by Gasteiger charge is -2.18. The number of anilines is 1. The van der Waals surface area contributed by atoms with Crippen molar-refractivity contribution < 1.29 is 9.59 Å². The zero-order chi connectivity index (χ0) is 15.8. The van der Waals surface area contributed by atoms with Crippen LogP contribution in [0.2, 0.25) is 0 Å². The van der Waals surface area contributed by atoms with Crippen LogP contribution in [-0.4, -0.2) is 23.3 Å². The van der Waals surface area contributed by atoms with Gasteiger partial charge in [0.15, 0.2) is 0 Å². The van der Waals surface area contributed by atoms with Crippen molar-refractivity contribution in [2.24, 2.45) is 17.8 Å². The summed E-state index contributed by atoms with van der Waals surface area (Å²) >= 11 is 0. The molecular formula is C18H19N3O2. The number of allylic oxidation sites excluding steroid dienone is 2. The van der Waals surface area contributed by atoms with E-state index in [1.807, 2.05) is 24.4 Å². The van der Waals surface area contributed by atoms with E-state index in [9.17, 15) is 9.59 Å². The molecule has 0 radical (unpaired) electrons. The van der Waals surface area contributed by atoms with Crippen molar-refractivity contribution >= 4 is 28.4 Å². The van der Waals surface area contributed by atoms with Crippen LogP contribution >= 0.6 is 0 Å². The number of fused-ring (bicyclic) bond motifs is 3. The predicted octanol–water partition coefficient (Wildman–Crippen LogP) is 2.43. The SMILES string of the molecule is O=C(NC[C@@H]1C[C@@H]2C=C[C@H]1C2)C(=O)Nc1ccc2cc[nH]c2c1. The number of carbonyl (C=O) groups excluding carboxylic acids is 2. The Morgan fingerprint density at radius 3 is 2.83 bits per heavy atom. The summed E-state index contributed by atoms with van der Waals surface area (Å²) in [5.74, 6) is 0.525. The molecule has 0 unspecified atom stereocenters. The summed E-state index contributed by atoms with van der Waals surface area (Å²) in [6.07, 6.45) is 8.67. The maximum absolute atomic E-state index is 12.0. The minimum absolute atomic E-state index is 0.469. The molecule has 1 heterocycles. The van der Waals surface area contributed by atoms with Crippen molar-refractivity contribution in [2.45, 2.75) is 12.8 Å². The Labute approximate surface area is 134 Å². The minimum Gasteiger partial charge on any atom is -0.361 e. The van der Waals surface area contributed by atoms with E-state index in [4.69, 9.17) is 0 Å². The van der Waals surface area contributed by atoms with E-state index < -0.39 is 11.8 Å². The summed E-state index contributed by atoms with van der Waals surface area (Å²) in [6.45, 7) is 0.577. The molecule has 5 nitrogen and oxygen atoms in total. The predicted molar refractivity (Wildman–Crippen MR) is 88.8 cm³/mol. The third-order valence-corrected chi connectivity index (χ3v) is 4.96. The average Bonchev–Trinajstić information content (AvgIpc) is 3.27. The number of nitrogens with one attached hydrogen (secondary N) is 3. The zero-order valence-corrected chi connectivity index (χ0v) is 12.7. The first-order valence-electron chi connectivity index (χ1n) is 8.04. The number of aromatic amines is 1. The molecule has 1 aromatic carbocycles. The van der Waals surface area contributed by atoms with Gasteiger partial charge in [-0.2, -0.15) is 0 Å². The highest BCUT2D eigenvalue weighted by Gasteiger charge is 2.35. The number of amides is 2. The molecule has 3 N–H and O–H groups in total. The van der Waals surface area contributed by atoms with Crippen LogP contribution in [0.5, 0.6) is 0 Å². The molecule has 2 amide bonds. The molecule has 1 fully saturated rings. The molecule has 1 aromatic heterocycles. The fourth-order valence-corrected chi connectivity index (χ4v) is 3.75. The van der Waals surface area contributed by atoms with E-state index in [1.54, 1.807) is 6.07 Å². The molecule has 0 saturated heterocycles. The standard InChI is InChI=1S/C18H19N3O2/c22-17(20-10-14-8-11-1-2-13(14)7-11)18(23)21-15-4-3-12-5-6-19-16(12)9-15/h1-6,9,11,13-14,19H,7-8,10H2,(H,20,22)(H,21,23)/t11-,13+,14+/m1/s1. The van der Waals surface area contributed by atoms with Crippen LogP contribution in [0.3, 0.4) is 0 Å². The van der Waals surface area contributed by atoms with Gasteiger partial charge in [-0.15, -0.1) is 0 Å². The second kappa shape index (κ2) is 5.57. The lowest BCUT2D eigenvalue weighted by Crippen LogP contribution is -2.38. The molecule has 5 heteroatoms. The van der Waals surface area contributed by atoms with Gasteiger partial charge in [0.25, 0.3) is 0 Å². The van der Waals surface area contributed by atoms with Gasteiger partial charge < -0.3 is 15.6 Å². The van der Waals surface area contributed by atoms with Crippen LogP contribution in [0.4, 0.5) is 5.69 Å². The summed E-state index contributed by atoms with van der Waals surface area (Å²) in [5.41, 5.74) is 1.54. The lowest BCUT2D eigenvalue weighted by atomic mass is 9.94. The van der Waals surface area contributed by atoms with Crippen LogP contribution in [0.15, 0.2) is 42.6 Å². The Morgan fingerprint density at radius 2 is 2.04 bits per heavy atom. The summed E-state index contributed by atoms with van der Waals surface area (Å²) < 4.78 is 0. The third kappa shape index (κ3) is 2.74. The normalized spacial score (nSPS) is 25.0. The Morgan fingerprint density at radius 1 is 1.13 bits per heavy atom. The summed E-state index contributed by atoms with van der Waals surface area (Å²) in [7, 11) is 0. The number of benzene rings is 1. The van der Waals surface area contributed by atoms with Crippen LogP contribution in [-0.2, 0) is 9.59 Å². The van der Waals surface area contributed by atoms with E-state index in [0.29, 0.717) is 30.0 Å². The van der Waals surface area contributed by atoms with Gasteiger partial charge in [-0.3, -0.25) is 9.59 Å². The molecular weight excluding hydrogens is 290 g/mol. The van der Waals surface area contributed by atoms with E-state index in [1.165, 1.54) is 6.42 Å². The van der Waals surface area contributed by atoms with Gasteiger partial charge in [0.2, 0.25) is 0 Å². The van der Waals surface area contributed by atoms with Gasteiger partial charge in [-0.1, -0.05) is 18.2 Å². The topological polar surface area (TPSA) is 74.0 Å². The molecule has 4 rings (SSSR count). The molecule has 2 aromatic rings. The molecule has 2 aliphatic rings. The fraction of sp³-hybridized carbons (Fsp3) is 0.333. The first-order valence-corrected chi connectivity index (χ1v) is 8.04. The highest BCUT2D eigenvalue weighted by molar-refractivity contribution is 6.39. The third-order valence-electron chi connectivity index (χ3n) is 4.96.